The molecule has 0 saturated carbocycles. The van der Waals surface area contributed by atoms with Crippen molar-refractivity contribution in [2.24, 2.45) is 5.73 Å². The Morgan fingerprint density at radius 1 is 1.36 bits per heavy atom. The highest BCUT2D eigenvalue weighted by atomic mass is 16.5. The summed E-state index contributed by atoms with van der Waals surface area (Å²) >= 11 is 0. The molecular formula is C12H19NO. The highest BCUT2D eigenvalue weighted by Crippen LogP contribution is 2.19. The van der Waals surface area contributed by atoms with Crippen LogP contribution in [0.5, 0.6) is 5.75 Å². The van der Waals surface area contributed by atoms with E-state index in [-0.39, 0.29) is 6.04 Å². The molecule has 0 aromatic heterocycles. The Morgan fingerprint density at radius 3 is 2.57 bits per heavy atom. The number of nitrogens with two attached hydrogens (primary N) is 1. The molecule has 0 spiro atoms. The average Bonchev–Trinajstić information content (AvgIpc) is 2.17. The lowest BCUT2D eigenvalue weighted by atomic mass is 9.99. The van der Waals surface area contributed by atoms with Gasteiger partial charge in [0.25, 0.3) is 0 Å². The molecule has 0 saturated heterocycles. The maximum absolute atomic E-state index is 5.79. The van der Waals surface area contributed by atoms with Crippen molar-refractivity contribution in [3.05, 3.63) is 29.3 Å². The second-order valence-corrected chi connectivity index (χ2v) is 3.67. The zero-order chi connectivity index (χ0) is 10.6. The molecule has 14 heavy (non-hydrogen) atoms. The first kappa shape index (κ1) is 11.1. The van der Waals surface area contributed by atoms with E-state index >= 15 is 0 Å². The highest BCUT2D eigenvalue weighted by molar-refractivity contribution is 5.36. The van der Waals surface area contributed by atoms with Crippen molar-refractivity contribution in [3.8, 4) is 5.75 Å². The van der Waals surface area contributed by atoms with Crippen molar-refractivity contribution in [2.75, 3.05) is 7.11 Å². The van der Waals surface area contributed by atoms with E-state index in [1.54, 1.807) is 7.11 Å². The van der Waals surface area contributed by atoms with E-state index in [2.05, 4.69) is 19.1 Å². The summed E-state index contributed by atoms with van der Waals surface area (Å²) in [5, 5.41) is 0. The molecule has 1 rings (SSSR count). The Balaban J connectivity index is 2.93. The summed E-state index contributed by atoms with van der Waals surface area (Å²) in [4.78, 5) is 0. The predicted molar refractivity (Wildman–Crippen MR) is 59.7 cm³/mol. The van der Waals surface area contributed by atoms with Gasteiger partial charge in [-0.2, -0.15) is 0 Å². The lowest BCUT2D eigenvalue weighted by molar-refractivity contribution is 0.414. The quantitative estimate of drug-likeness (QED) is 0.795. The number of methoxy groups -OCH3 is 1. The third-order valence-corrected chi connectivity index (χ3v) is 2.34. The van der Waals surface area contributed by atoms with Crippen molar-refractivity contribution in [2.45, 2.75) is 32.7 Å². The lowest BCUT2D eigenvalue weighted by Crippen LogP contribution is -2.18. The molecular weight excluding hydrogens is 174 g/mol. The van der Waals surface area contributed by atoms with Gasteiger partial charge in [0.2, 0.25) is 0 Å². The zero-order valence-electron chi connectivity index (χ0n) is 9.21. The van der Waals surface area contributed by atoms with Gasteiger partial charge in [0.1, 0.15) is 5.75 Å². The Kier molecular flexibility index (Phi) is 3.96. The fourth-order valence-electron chi connectivity index (χ4n) is 1.60. The van der Waals surface area contributed by atoms with Crippen LogP contribution in [0.2, 0.25) is 0 Å². The van der Waals surface area contributed by atoms with Crippen LogP contribution >= 0.6 is 0 Å². The van der Waals surface area contributed by atoms with Gasteiger partial charge in [-0.05, 0) is 43.0 Å². The molecule has 0 amide bonds. The number of hydrogen-bond donors (Lipinski definition) is 1. The van der Waals surface area contributed by atoms with Gasteiger partial charge >= 0.3 is 0 Å². The largest absolute Gasteiger partial charge is 0.497 e. The molecule has 1 aromatic carbocycles. The summed E-state index contributed by atoms with van der Waals surface area (Å²) in [5.74, 6) is 0.926. The summed E-state index contributed by atoms with van der Waals surface area (Å²) in [5.41, 5.74) is 8.46. The van der Waals surface area contributed by atoms with Gasteiger partial charge in [0, 0.05) is 6.04 Å². The van der Waals surface area contributed by atoms with Crippen molar-refractivity contribution in [1.82, 2.24) is 0 Å². The van der Waals surface area contributed by atoms with Crippen LogP contribution in [0.1, 0.15) is 25.0 Å². The molecule has 0 bridgehead atoms. The van der Waals surface area contributed by atoms with Crippen LogP contribution in [0, 0.1) is 0 Å². The van der Waals surface area contributed by atoms with E-state index in [0.717, 1.165) is 18.6 Å². The Bertz CT molecular complexity index is 294. The van der Waals surface area contributed by atoms with Crippen LogP contribution in [-0.2, 0) is 12.8 Å². The van der Waals surface area contributed by atoms with E-state index in [4.69, 9.17) is 10.5 Å². The van der Waals surface area contributed by atoms with Crippen molar-refractivity contribution >= 4 is 0 Å². The standard InChI is InChI=1S/C12H19NO/c1-4-10-8-12(14-3)6-5-11(10)7-9(2)13/h5-6,8-9H,4,7,13H2,1-3H3. The Hall–Kier alpha value is -1.02. The fraction of sp³-hybridized carbons (Fsp3) is 0.500. The number of aryl methyl sites for hydroxylation is 1. The maximum Gasteiger partial charge on any atom is 0.119 e. The molecule has 0 radical (unpaired) electrons. The number of hydrogen-bond acceptors (Lipinski definition) is 2. The smallest absolute Gasteiger partial charge is 0.119 e. The van der Waals surface area contributed by atoms with Gasteiger partial charge < -0.3 is 10.5 Å². The molecule has 2 nitrogen and oxygen atoms in total. The minimum Gasteiger partial charge on any atom is -0.497 e. The summed E-state index contributed by atoms with van der Waals surface area (Å²) in [6, 6.07) is 6.42. The maximum atomic E-state index is 5.79. The van der Waals surface area contributed by atoms with Gasteiger partial charge in [-0.15, -0.1) is 0 Å². The molecule has 1 aromatic rings. The van der Waals surface area contributed by atoms with E-state index in [1.165, 1.54) is 11.1 Å². The Morgan fingerprint density at radius 2 is 2.07 bits per heavy atom. The van der Waals surface area contributed by atoms with Gasteiger partial charge in [-0.1, -0.05) is 13.0 Å². The van der Waals surface area contributed by atoms with Crippen LogP contribution in [0.3, 0.4) is 0 Å². The van der Waals surface area contributed by atoms with E-state index < -0.39 is 0 Å². The number of ether oxygens (including phenoxy) is 1. The topological polar surface area (TPSA) is 35.2 Å². The molecule has 0 aliphatic heterocycles. The van der Waals surface area contributed by atoms with Crippen molar-refractivity contribution in [1.29, 1.82) is 0 Å². The van der Waals surface area contributed by atoms with Crippen LogP contribution < -0.4 is 10.5 Å². The first-order valence-electron chi connectivity index (χ1n) is 5.08. The molecule has 2 N–H and O–H groups in total. The second kappa shape index (κ2) is 5.01. The molecule has 2 heteroatoms. The Labute approximate surface area is 86.1 Å². The van der Waals surface area contributed by atoms with Gasteiger partial charge in [0.05, 0.1) is 7.11 Å². The monoisotopic (exact) mass is 193 g/mol. The van der Waals surface area contributed by atoms with E-state index in [1.807, 2.05) is 13.0 Å². The van der Waals surface area contributed by atoms with Gasteiger partial charge in [-0.25, -0.2) is 0 Å². The van der Waals surface area contributed by atoms with Crippen molar-refractivity contribution in [3.63, 3.8) is 0 Å². The van der Waals surface area contributed by atoms with Gasteiger partial charge in [-0.3, -0.25) is 0 Å². The third kappa shape index (κ3) is 2.74. The van der Waals surface area contributed by atoms with Crippen LogP contribution in [0.25, 0.3) is 0 Å². The highest BCUT2D eigenvalue weighted by Gasteiger charge is 2.04. The summed E-state index contributed by atoms with van der Waals surface area (Å²) < 4.78 is 5.19. The van der Waals surface area contributed by atoms with Crippen LogP contribution in [0.15, 0.2) is 18.2 Å². The van der Waals surface area contributed by atoms with Crippen molar-refractivity contribution < 1.29 is 4.74 Å². The zero-order valence-corrected chi connectivity index (χ0v) is 9.21. The predicted octanol–water partition coefficient (Wildman–Crippen LogP) is 2.15. The van der Waals surface area contributed by atoms with Crippen LogP contribution in [0.4, 0.5) is 0 Å². The normalized spacial score (nSPS) is 12.6. The second-order valence-electron chi connectivity index (χ2n) is 3.67. The summed E-state index contributed by atoms with van der Waals surface area (Å²) in [6.07, 6.45) is 1.96. The van der Waals surface area contributed by atoms with Gasteiger partial charge in [0.15, 0.2) is 0 Å². The molecule has 0 aliphatic carbocycles. The molecule has 0 heterocycles. The summed E-state index contributed by atoms with van der Waals surface area (Å²) in [6.45, 7) is 4.18. The molecule has 78 valence electrons. The van der Waals surface area contributed by atoms with E-state index in [9.17, 15) is 0 Å². The molecule has 0 fully saturated rings. The minimum atomic E-state index is 0.216. The van der Waals surface area contributed by atoms with Crippen LogP contribution in [-0.4, -0.2) is 13.2 Å². The lowest BCUT2D eigenvalue weighted by Gasteiger charge is -2.11. The number of benzene rings is 1. The third-order valence-electron chi connectivity index (χ3n) is 2.34. The average molecular weight is 193 g/mol. The first-order valence-corrected chi connectivity index (χ1v) is 5.08. The SMILES string of the molecule is CCc1cc(OC)ccc1CC(C)N. The number of rotatable bonds is 4. The summed E-state index contributed by atoms with van der Waals surface area (Å²) in [7, 11) is 1.69. The fourth-order valence-corrected chi connectivity index (χ4v) is 1.60. The van der Waals surface area contributed by atoms with E-state index in [0.29, 0.717) is 0 Å². The molecule has 0 aliphatic rings. The first-order chi connectivity index (χ1) is 6.67. The molecule has 1 unspecified atom stereocenters. The minimum absolute atomic E-state index is 0.216. The molecule has 1 atom stereocenters.